The summed E-state index contributed by atoms with van der Waals surface area (Å²) in [6.45, 7) is 7.16. The molecular weight excluding hydrogens is 659 g/mol. The van der Waals surface area contributed by atoms with E-state index in [9.17, 15) is 14.4 Å². The predicted octanol–water partition coefficient (Wildman–Crippen LogP) is 5.70. The fourth-order valence-corrected chi connectivity index (χ4v) is 4.92. The number of rotatable bonds is 11. The molecule has 0 radical (unpaired) electrons. The fraction of sp³-hybridized carbons (Fsp3) is 0.265. The van der Waals surface area contributed by atoms with Crippen LogP contribution in [0.2, 0.25) is 0 Å². The van der Waals surface area contributed by atoms with Crippen LogP contribution in [0.1, 0.15) is 36.8 Å². The SMILES string of the molecule is COc1ccc2c(Oc3ccc(NC(=O)c4c(C)n(C[C@@H](C)OC(=O)[C@H](N)C(C)C)n(-c5ccccc5)c4=O)nc3)ccnc2c1.Cl.Cl. The van der Waals surface area contributed by atoms with Crippen molar-refractivity contribution in [2.75, 3.05) is 12.4 Å². The molecule has 254 valence electrons. The average molecular weight is 698 g/mol. The van der Waals surface area contributed by atoms with Crippen molar-refractivity contribution in [2.45, 2.75) is 46.4 Å². The minimum atomic E-state index is -0.775. The summed E-state index contributed by atoms with van der Waals surface area (Å²) in [4.78, 5) is 48.5. The second-order valence-corrected chi connectivity index (χ2v) is 11.1. The van der Waals surface area contributed by atoms with E-state index in [0.29, 0.717) is 34.1 Å². The fourth-order valence-electron chi connectivity index (χ4n) is 4.92. The van der Waals surface area contributed by atoms with Crippen molar-refractivity contribution in [1.29, 1.82) is 0 Å². The van der Waals surface area contributed by atoms with Gasteiger partial charge in [0.05, 0.1) is 36.7 Å². The van der Waals surface area contributed by atoms with Gasteiger partial charge in [0.1, 0.15) is 40.8 Å². The molecule has 3 N–H and O–H groups in total. The molecular formula is C34H38Cl2N6O6. The number of amides is 1. The lowest BCUT2D eigenvalue weighted by Crippen LogP contribution is -2.39. The van der Waals surface area contributed by atoms with E-state index in [2.05, 4.69) is 15.3 Å². The van der Waals surface area contributed by atoms with Gasteiger partial charge in [-0.25, -0.2) is 9.67 Å². The topological polar surface area (TPSA) is 153 Å². The van der Waals surface area contributed by atoms with Crippen molar-refractivity contribution >= 4 is 53.4 Å². The molecule has 0 saturated carbocycles. The van der Waals surface area contributed by atoms with Crippen LogP contribution in [-0.2, 0) is 16.1 Å². The Morgan fingerprint density at radius 2 is 1.67 bits per heavy atom. The number of fused-ring (bicyclic) bond motifs is 1. The van der Waals surface area contributed by atoms with Gasteiger partial charge in [0, 0.05) is 17.6 Å². The number of para-hydroxylation sites is 1. The second-order valence-electron chi connectivity index (χ2n) is 11.1. The van der Waals surface area contributed by atoms with Crippen LogP contribution in [0.15, 0.2) is 83.9 Å². The lowest BCUT2D eigenvalue weighted by atomic mass is 10.1. The van der Waals surface area contributed by atoms with E-state index in [1.54, 1.807) is 74.3 Å². The number of nitrogens with zero attached hydrogens (tertiary/aromatic N) is 4. The van der Waals surface area contributed by atoms with Gasteiger partial charge >= 0.3 is 5.97 Å². The summed E-state index contributed by atoms with van der Waals surface area (Å²) in [5.41, 5.74) is 7.02. The molecule has 0 saturated heterocycles. The van der Waals surface area contributed by atoms with Gasteiger partial charge in [-0.15, -0.1) is 24.8 Å². The van der Waals surface area contributed by atoms with E-state index in [-0.39, 0.29) is 48.7 Å². The molecule has 0 aliphatic heterocycles. The quantitative estimate of drug-likeness (QED) is 0.166. The van der Waals surface area contributed by atoms with Crippen LogP contribution in [0.5, 0.6) is 17.2 Å². The summed E-state index contributed by atoms with van der Waals surface area (Å²) in [6, 6.07) is 18.6. The number of pyridine rings is 2. The number of hydrogen-bond acceptors (Lipinski definition) is 9. The van der Waals surface area contributed by atoms with Crippen molar-refractivity contribution in [3.63, 3.8) is 0 Å². The number of methoxy groups -OCH3 is 1. The third kappa shape index (κ3) is 8.14. The Morgan fingerprint density at radius 1 is 0.958 bits per heavy atom. The Kier molecular flexibility index (Phi) is 12.7. The highest BCUT2D eigenvalue weighted by Gasteiger charge is 2.27. The molecule has 2 atom stereocenters. The number of esters is 1. The van der Waals surface area contributed by atoms with E-state index < -0.39 is 29.6 Å². The number of ether oxygens (including phenoxy) is 3. The molecule has 3 aromatic heterocycles. The van der Waals surface area contributed by atoms with Crippen LogP contribution >= 0.6 is 24.8 Å². The maximum atomic E-state index is 13.7. The number of aromatic nitrogens is 4. The van der Waals surface area contributed by atoms with E-state index in [4.69, 9.17) is 19.9 Å². The molecule has 5 rings (SSSR count). The Labute approximate surface area is 290 Å². The van der Waals surface area contributed by atoms with Gasteiger partial charge in [-0.05, 0) is 62.2 Å². The minimum absolute atomic E-state index is 0. The van der Waals surface area contributed by atoms with Crippen molar-refractivity contribution in [1.82, 2.24) is 19.3 Å². The largest absolute Gasteiger partial charge is 0.497 e. The molecule has 0 unspecified atom stereocenters. The first-order valence-corrected chi connectivity index (χ1v) is 14.8. The number of benzene rings is 2. The molecule has 48 heavy (non-hydrogen) atoms. The number of carbonyl (C=O) groups excluding carboxylic acids is 2. The van der Waals surface area contributed by atoms with Crippen LogP contribution in [0.3, 0.4) is 0 Å². The van der Waals surface area contributed by atoms with Crippen molar-refractivity contribution in [3.8, 4) is 22.9 Å². The molecule has 0 fully saturated rings. The molecule has 12 nitrogen and oxygen atoms in total. The standard InChI is InChI=1S/C34H36N6O6.2ClH/c1-20(2)31(35)34(43)45-21(3)19-39-22(4)30(33(42)40(39)23-9-7-6-8-10-23)32(41)38-29-14-12-25(18-37-29)46-28-15-16-36-27-17-24(44-5)11-13-26(27)28;;/h6-18,20-21,31H,19,35H2,1-5H3,(H,37,38,41);2*1H/t21-,31-;;/m1../s1. The Bertz CT molecular complexity index is 1930. The molecule has 0 spiro atoms. The van der Waals surface area contributed by atoms with E-state index in [0.717, 1.165) is 5.39 Å². The number of nitrogens with two attached hydrogens (primary N) is 1. The highest BCUT2D eigenvalue weighted by Crippen LogP contribution is 2.31. The van der Waals surface area contributed by atoms with Gasteiger partial charge < -0.3 is 25.3 Å². The third-order valence-electron chi connectivity index (χ3n) is 7.48. The summed E-state index contributed by atoms with van der Waals surface area (Å²) in [5, 5.41) is 3.51. The predicted molar refractivity (Wildman–Crippen MR) is 188 cm³/mol. The minimum Gasteiger partial charge on any atom is -0.497 e. The summed E-state index contributed by atoms with van der Waals surface area (Å²) in [5.74, 6) is 0.669. The number of carbonyl (C=O) groups is 2. The maximum Gasteiger partial charge on any atom is 0.323 e. The Balaban J connectivity index is 0.00000312. The van der Waals surface area contributed by atoms with Crippen LogP contribution in [0, 0.1) is 12.8 Å². The van der Waals surface area contributed by atoms with Crippen LogP contribution in [0.25, 0.3) is 16.6 Å². The van der Waals surface area contributed by atoms with Gasteiger partial charge in [-0.3, -0.25) is 24.0 Å². The summed E-state index contributed by atoms with van der Waals surface area (Å²) in [6.07, 6.45) is 2.48. The first-order valence-electron chi connectivity index (χ1n) is 14.8. The zero-order valence-corrected chi connectivity index (χ0v) is 28.7. The van der Waals surface area contributed by atoms with E-state index >= 15 is 0 Å². The molecule has 5 aromatic rings. The number of nitrogens with one attached hydrogen (secondary N) is 1. The third-order valence-corrected chi connectivity index (χ3v) is 7.48. The van der Waals surface area contributed by atoms with Crippen LogP contribution in [-0.4, -0.2) is 50.5 Å². The lowest BCUT2D eigenvalue weighted by Gasteiger charge is -2.21. The van der Waals surface area contributed by atoms with Gasteiger partial charge in [-0.2, -0.15) is 0 Å². The monoisotopic (exact) mass is 696 g/mol. The van der Waals surface area contributed by atoms with E-state index in [1.807, 2.05) is 38.1 Å². The molecule has 2 aromatic carbocycles. The number of halogens is 2. The number of hydrogen-bond donors (Lipinski definition) is 2. The van der Waals surface area contributed by atoms with Crippen molar-refractivity contribution < 1.29 is 23.8 Å². The smallest absolute Gasteiger partial charge is 0.323 e. The summed E-state index contributed by atoms with van der Waals surface area (Å²) >= 11 is 0. The normalized spacial score (nSPS) is 12.0. The summed E-state index contributed by atoms with van der Waals surface area (Å²) < 4.78 is 19.9. The molecule has 0 aliphatic carbocycles. The zero-order chi connectivity index (χ0) is 33.0. The highest BCUT2D eigenvalue weighted by atomic mass is 35.5. The Hall–Kier alpha value is -4.91. The van der Waals surface area contributed by atoms with Crippen molar-refractivity contribution in [2.24, 2.45) is 11.7 Å². The van der Waals surface area contributed by atoms with Gasteiger partial charge in [0.2, 0.25) is 0 Å². The van der Waals surface area contributed by atoms with Crippen molar-refractivity contribution in [3.05, 3.63) is 101 Å². The Morgan fingerprint density at radius 3 is 2.31 bits per heavy atom. The van der Waals surface area contributed by atoms with Gasteiger partial charge in [-0.1, -0.05) is 32.0 Å². The molecule has 0 aliphatic rings. The number of anilines is 1. The lowest BCUT2D eigenvalue weighted by molar-refractivity contribution is -0.151. The molecule has 0 bridgehead atoms. The van der Waals surface area contributed by atoms with E-state index in [1.165, 1.54) is 10.9 Å². The van der Waals surface area contributed by atoms with Crippen LogP contribution in [0.4, 0.5) is 5.82 Å². The molecule has 1 amide bonds. The molecule has 3 heterocycles. The van der Waals surface area contributed by atoms with Gasteiger partial charge in [0.25, 0.3) is 11.5 Å². The maximum absolute atomic E-state index is 13.7. The molecule has 14 heteroatoms. The van der Waals surface area contributed by atoms with Crippen LogP contribution < -0.4 is 26.1 Å². The zero-order valence-electron chi connectivity index (χ0n) is 27.1. The van der Waals surface area contributed by atoms with Gasteiger partial charge in [0.15, 0.2) is 0 Å². The summed E-state index contributed by atoms with van der Waals surface area (Å²) in [7, 11) is 1.59. The first kappa shape index (κ1) is 37.5. The highest BCUT2D eigenvalue weighted by molar-refractivity contribution is 6.04. The average Bonchev–Trinajstić information content (AvgIpc) is 3.29. The second kappa shape index (κ2) is 16.3. The first-order chi connectivity index (χ1) is 22.1.